The molecule has 0 amide bonds. The quantitative estimate of drug-likeness (QED) is 0.863. The molecule has 0 radical (unpaired) electrons. The highest BCUT2D eigenvalue weighted by Crippen LogP contribution is 2.31. The third-order valence-corrected chi connectivity index (χ3v) is 4.06. The van der Waals surface area contributed by atoms with Gasteiger partial charge in [0.2, 0.25) is 0 Å². The summed E-state index contributed by atoms with van der Waals surface area (Å²) < 4.78 is 37.6. The number of benzene rings is 1. The molecule has 2 rings (SSSR count). The van der Waals surface area contributed by atoms with E-state index in [0.29, 0.717) is 11.4 Å². The van der Waals surface area contributed by atoms with Gasteiger partial charge in [-0.25, -0.2) is 0 Å². The molecule has 19 heavy (non-hydrogen) atoms. The molecule has 1 aliphatic rings. The zero-order valence-corrected chi connectivity index (χ0v) is 11.2. The number of β-amino-alcohol motifs (C(OH)–C–C–N with tert-alkyl or cyclic N) is 1. The van der Waals surface area contributed by atoms with E-state index in [4.69, 9.17) is 0 Å². The molecule has 1 fully saturated rings. The van der Waals surface area contributed by atoms with Gasteiger partial charge in [0, 0.05) is 30.3 Å². The van der Waals surface area contributed by atoms with Gasteiger partial charge >= 0.3 is 6.18 Å². The lowest BCUT2D eigenvalue weighted by Crippen LogP contribution is -2.24. The highest BCUT2D eigenvalue weighted by Gasteiger charge is 2.30. The largest absolute Gasteiger partial charge is 0.416 e. The van der Waals surface area contributed by atoms with Crippen molar-refractivity contribution in [2.75, 3.05) is 25.4 Å². The number of aliphatic hydroxyl groups excluding tert-OH is 1. The first-order chi connectivity index (χ1) is 8.95. The second kappa shape index (κ2) is 6.15. The van der Waals surface area contributed by atoms with E-state index in [9.17, 15) is 18.3 Å². The maximum atomic E-state index is 12.5. The summed E-state index contributed by atoms with van der Waals surface area (Å²) in [5.41, 5.74) is -0.603. The average Bonchev–Trinajstić information content (AvgIpc) is 2.74. The van der Waals surface area contributed by atoms with Crippen LogP contribution in [0, 0.1) is 0 Å². The monoisotopic (exact) mass is 291 g/mol. The standard InChI is InChI=1S/C13H16F3NOS/c14-13(15,16)10-2-1-3-12(8-10)19-7-6-17-5-4-11(18)9-17/h1-3,8,11,18H,4-7,9H2/t11-/m1/s1. The Bertz CT molecular complexity index is 425. The molecule has 1 aliphatic heterocycles. The zero-order chi connectivity index (χ0) is 13.9. The summed E-state index contributed by atoms with van der Waals surface area (Å²) in [6.07, 6.45) is -3.75. The maximum Gasteiger partial charge on any atom is 0.416 e. The Morgan fingerprint density at radius 1 is 1.37 bits per heavy atom. The van der Waals surface area contributed by atoms with Crippen molar-refractivity contribution in [2.45, 2.75) is 23.6 Å². The van der Waals surface area contributed by atoms with Gasteiger partial charge in [-0.15, -0.1) is 11.8 Å². The van der Waals surface area contributed by atoms with Crippen molar-refractivity contribution in [1.82, 2.24) is 4.90 Å². The molecule has 2 nitrogen and oxygen atoms in total. The van der Waals surface area contributed by atoms with Gasteiger partial charge in [-0.2, -0.15) is 13.2 Å². The van der Waals surface area contributed by atoms with Gasteiger partial charge in [0.25, 0.3) is 0 Å². The summed E-state index contributed by atoms with van der Waals surface area (Å²) >= 11 is 1.42. The minimum absolute atomic E-state index is 0.251. The molecule has 1 saturated heterocycles. The Kier molecular flexibility index (Phi) is 4.76. The van der Waals surface area contributed by atoms with Crippen LogP contribution in [0.4, 0.5) is 13.2 Å². The molecular weight excluding hydrogens is 275 g/mol. The second-order valence-corrected chi connectivity index (χ2v) is 5.79. The van der Waals surface area contributed by atoms with Crippen molar-refractivity contribution in [3.8, 4) is 0 Å². The molecule has 0 unspecified atom stereocenters. The molecule has 1 N–H and O–H groups in total. The van der Waals surface area contributed by atoms with E-state index in [1.165, 1.54) is 23.9 Å². The lowest BCUT2D eigenvalue weighted by Gasteiger charge is -2.14. The van der Waals surface area contributed by atoms with Crippen molar-refractivity contribution >= 4 is 11.8 Å². The summed E-state index contributed by atoms with van der Waals surface area (Å²) in [5, 5.41) is 9.37. The van der Waals surface area contributed by atoms with E-state index in [0.717, 1.165) is 31.3 Å². The summed E-state index contributed by atoms with van der Waals surface area (Å²) in [7, 11) is 0. The van der Waals surface area contributed by atoms with Crippen molar-refractivity contribution in [3.05, 3.63) is 29.8 Å². The second-order valence-electron chi connectivity index (χ2n) is 4.62. The number of nitrogens with zero attached hydrogens (tertiary/aromatic N) is 1. The smallest absolute Gasteiger partial charge is 0.392 e. The van der Waals surface area contributed by atoms with Gasteiger partial charge in [0.1, 0.15) is 0 Å². The van der Waals surface area contributed by atoms with Crippen LogP contribution in [0.5, 0.6) is 0 Å². The van der Waals surface area contributed by atoms with Crippen LogP contribution in [0.25, 0.3) is 0 Å². The Morgan fingerprint density at radius 3 is 2.79 bits per heavy atom. The fraction of sp³-hybridized carbons (Fsp3) is 0.538. The molecule has 1 atom stereocenters. The third kappa shape index (κ3) is 4.40. The average molecular weight is 291 g/mol. The van der Waals surface area contributed by atoms with Crippen LogP contribution in [0.15, 0.2) is 29.2 Å². The summed E-state index contributed by atoms with van der Waals surface area (Å²) in [4.78, 5) is 2.76. The summed E-state index contributed by atoms with van der Waals surface area (Å²) in [5.74, 6) is 0.730. The van der Waals surface area contributed by atoms with E-state index >= 15 is 0 Å². The Hall–Kier alpha value is -0.720. The first-order valence-corrected chi connectivity index (χ1v) is 7.14. The van der Waals surface area contributed by atoms with E-state index in [-0.39, 0.29) is 6.10 Å². The van der Waals surface area contributed by atoms with Gasteiger partial charge in [-0.1, -0.05) is 6.07 Å². The number of aliphatic hydroxyl groups is 1. The number of likely N-dealkylation sites (tertiary alicyclic amines) is 1. The van der Waals surface area contributed by atoms with Gasteiger partial charge in [0.15, 0.2) is 0 Å². The number of hydrogen-bond acceptors (Lipinski definition) is 3. The predicted molar refractivity (Wildman–Crippen MR) is 69.2 cm³/mol. The summed E-state index contributed by atoms with van der Waals surface area (Å²) in [6.45, 7) is 2.32. The third-order valence-electron chi connectivity index (χ3n) is 3.09. The van der Waals surface area contributed by atoms with E-state index < -0.39 is 11.7 Å². The van der Waals surface area contributed by atoms with Crippen LogP contribution >= 0.6 is 11.8 Å². The number of alkyl halides is 3. The van der Waals surface area contributed by atoms with Crippen LogP contribution in [0.2, 0.25) is 0 Å². The van der Waals surface area contributed by atoms with Crippen LogP contribution in [-0.4, -0.2) is 41.5 Å². The first-order valence-electron chi connectivity index (χ1n) is 6.15. The SMILES string of the molecule is O[C@@H]1CCN(CCSc2cccc(C(F)(F)F)c2)C1. The van der Waals surface area contributed by atoms with Gasteiger partial charge in [-0.05, 0) is 24.6 Å². The highest BCUT2D eigenvalue weighted by molar-refractivity contribution is 7.99. The molecule has 0 bridgehead atoms. The maximum absolute atomic E-state index is 12.5. The number of hydrogen-bond donors (Lipinski definition) is 1. The van der Waals surface area contributed by atoms with Crippen molar-refractivity contribution < 1.29 is 18.3 Å². The predicted octanol–water partition coefficient (Wildman–Crippen LogP) is 2.86. The van der Waals surface area contributed by atoms with Crippen LogP contribution in [0.1, 0.15) is 12.0 Å². The minimum Gasteiger partial charge on any atom is -0.392 e. The normalized spacial score (nSPS) is 20.9. The fourth-order valence-electron chi connectivity index (χ4n) is 2.07. The zero-order valence-electron chi connectivity index (χ0n) is 10.4. The molecule has 1 aromatic rings. The molecule has 1 aromatic carbocycles. The Balaban J connectivity index is 1.83. The van der Waals surface area contributed by atoms with Crippen LogP contribution in [-0.2, 0) is 6.18 Å². The number of thioether (sulfide) groups is 1. The summed E-state index contributed by atoms with van der Waals surface area (Å²) in [6, 6.07) is 5.40. The van der Waals surface area contributed by atoms with Crippen LogP contribution in [0.3, 0.4) is 0 Å². The molecule has 0 saturated carbocycles. The Morgan fingerprint density at radius 2 is 2.16 bits per heavy atom. The topological polar surface area (TPSA) is 23.5 Å². The van der Waals surface area contributed by atoms with E-state index in [1.807, 2.05) is 0 Å². The highest BCUT2D eigenvalue weighted by atomic mass is 32.2. The molecule has 6 heteroatoms. The molecule has 0 aromatic heterocycles. The van der Waals surface area contributed by atoms with Crippen molar-refractivity contribution in [1.29, 1.82) is 0 Å². The van der Waals surface area contributed by atoms with E-state index in [2.05, 4.69) is 4.90 Å². The van der Waals surface area contributed by atoms with Gasteiger partial charge in [0.05, 0.1) is 11.7 Å². The van der Waals surface area contributed by atoms with E-state index in [1.54, 1.807) is 6.07 Å². The lowest BCUT2D eigenvalue weighted by molar-refractivity contribution is -0.137. The number of rotatable bonds is 4. The van der Waals surface area contributed by atoms with Gasteiger partial charge in [-0.3, -0.25) is 4.90 Å². The van der Waals surface area contributed by atoms with Gasteiger partial charge < -0.3 is 5.11 Å². The molecule has 0 spiro atoms. The molecule has 0 aliphatic carbocycles. The molecule has 106 valence electrons. The number of halogens is 3. The Labute approximate surface area is 114 Å². The lowest BCUT2D eigenvalue weighted by atomic mass is 10.2. The van der Waals surface area contributed by atoms with Crippen molar-refractivity contribution in [2.24, 2.45) is 0 Å². The van der Waals surface area contributed by atoms with Crippen LogP contribution < -0.4 is 0 Å². The fourth-order valence-corrected chi connectivity index (χ4v) is 3.04. The molecular formula is C13H16F3NOS. The first kappa shape index (κ1) is 14.7. The van der Waals surface area contributed by atoms with Crippen molar-refractivity contribution in [3.63, 3.8) is 0 Å². The minimum atomic E-state index is -4.28. The molecule has 1 heterocycles.